The maximum atomic E-state index is 11.4. The molecular formula is C11H20O5P-. The second-order valence-corrected chi connectivity index (χ2v) is 6.93. The van der Waals surface area contributed by atoms with E-state index in [4.69, 9.17) is 14.0 Å². The van der Waals surface area contributed by atoms with Crippen LogP contribution < -0.4 is 4.89 Å². The van der Waals surface area contributed by atoms with E-state index in [1.54, 1.807) is 7.11 Å². The molecule has 2 aliphatic rings. The predicted molar refractivity (Wildman–Crippen MR) is 60.9 cm³/mol. The molecule has 2 unspecified atom stereocenters. The van der Waals surface area contributed by atoms with Crippen molar-refractivity contribution in [2.45, 2.75) is 44.0 Å². The fourth-order valence-electron chi connectivity index (χ4n) is 3.20. The largest absolute Gasteiger partial charge is 0.779 e. The molecule has 2 fully saturated rings. The minimum atomic E-state index is -3.75. The van der Waals surface area contributed by atoms with Crippen LogP contribution in [-0.4, -0.2) is 38.2 Å². The van der Waals surface area contributed by atoms with Crippen molar-refractivity contribution in [3.05, 3.63) is 0 Å². The van der Waals surface area contributed by atoms with Gasteiger partial charge >= 0.3 is 0 Å². The first-order chi connectivity index (χ1) is 7.88. The summed E-state index contributed by atoms with van der Waals surface area (Å²) in [6, 6.07) is 0. The van der Waals surface area contributed by atoms with Gasteiger partial charge in [0.2, 0.25) is 0 Å². The van der Waals surface area contributed by atoms with Crippen LogP contribution in [0.4, 0.5) is 0 Å². The first-order valence-corrected chi connectivity index (χ1v) is 8.01. The van der Waals surface area contributed by atoms with Crippen LogP contribution in [-0.2, 0) is 18.6 Å². The SMILES string of the molecule is COC[C@@]12CCCC([C@H](C)O1)[C@H]2OP(C)(=O)[O-]. The Morgan fingerprint density at radius 3 is 2.88 bits per heavy atom. The lowest BCUT2D eigenvalue weighted by Gasteiger charge is -2.40. The van der Waals surface area contributed by atoms with Crippen LogP contribution in [0.5, 0.6) is 0 Å². The predicted octanol–water partition coefficient (Wildman–Crippen LogP) is 1.16. The Hall–Kier alpha value is 0.0700. The molecule has 6 heteroatoms. The normalized spacial score (nSPS) is 44.6. The van der Waals surface area contributed by atoms with Gasteiger partial charge in [0.15, 0.2) is 0 Å². The highest BCUT2D eigenvalue weighted by Crippen LogP contribution is 2.51. The molecule has 0 aromatic carbocycles. The van der Waals surface area contributed by atoms with E-state index in [2.05, 4.69) is 0 Å². The molecule has 1 saturated heterocycles. The van der Waals surface area contributed by atoms with Gasteiger partial charge in [-0.05, 0) is 26.2 Å². The second kappa shape index (κ2) is 4.63. The molecule has 5 atom stereocenters. The fourth-order valence-corrected chi connectivity index (χ4v) is 3.96. The van der Waals surface area contributed by atoms with Gasteiger partial charge in [0.05, 0.1) is 12.7 Å². The standard InChI is InChI=1S/C11H21O5P/c1-8-9-5-4-6-11(15-8,7-14-2)10(9)16-17(3,12)13/h8-10H,4-7H2,1-3H3,(H,12,13)/p-1/t8-,9?,10+,11+/m0/s1. The van der Waals surface area contributed by atoms with Crippen molar-refractivity contribution in [1.82, 2.24) is 0 Å². The maximum Gasteiger partial charge on any atom is 0.132 e. The molecular weight excluding hydrogens is 243 g/mol. The topological polar surface area (TPSA) is 67.8 Å². The molecule has 2 bridgehead atoms. The third-order valence-corrected chi connectivity index (χ3v) is 4.37. The number of fused-ring (bicyclic) bond motifs is 2. The molecule has 0 aromatic rings. The van der Waals surface area contributed by atoms with E-state index in [1.165, 1.54) is 0 Å². The summed E-state index contributed by atoms with van der Waals surface area (Å²) in [5, 5.41) is 0. The average molecular weight is 263 g/mol. The van der Waals surface area contributed by atoms with E-state index in [9.17, 15) is 9.46 Å². The van der Waals surface area contributed by atoms with Crippen LogP contribution in [0.25, 0.3) is 0 Å². The Balaban J connectivity index is 2.24. The van der Waals surface area contributed by atoms with Gasteiger partial charge in [0, 0.05) is 19.7 Å². The number of hydrogen-bond acceptors (Lipinski definition) is 5. The first-order valence-electron chi connectivity index (χ1n) is 6.02. The third-order valence-electron chi connectivity index (χ3n) is 3.76. The Morgan fingerprint density at radius 1 is 1.59 bits per heavy atom. The van der Waals surface area contributed by atoms with Crippen LogP contribution in [0.2, 0.25) is 0 Å². The lowest BCUT2D eigenvalue weighted by Crippen LogP contribution is -2.49. The molecule has 2 rings (SSSR count). The van der Waals surface area contributed by atoms with Crippen molar-refractivity contribution < 1.29 is 23.5 Å². The zero-order valence-electron chi connectivity index (χ0n) is 10.5. The van der Waals surface area contributed by atoms with Gasteiger partial charge in [-0.25, -0.2) is 0 Å². The smallest absolute Gasteiger partial charge is 0.132 e. The quantitative estimate of drug-likeness (QED) is 0.712. The third kappa shape index (κ3) is 2.59. The summed E-state index contributed by atoms with van der Waals surface area (Å²) in [6.07, 6.45) is 2.43. The molecule has 1 aliphatic carbocycles. The molecule has 100 valence electrons. The maximum absolute atomic E-state index is 11.4. The van der Waals surface area contributed by atoms with Crippen molar-refractivity contribution >= 4 is 7.60 Å². The fraction of sp³-hybridized carbons (Fsp3) is 1.00. The van der Waals surface area contributed by atoms with Gasteiger partial charge in [-0.15, -0.1) is 0 Å². The van der Waals surface area contributed by atoms with E-state index < -0.39 is 13.2 Å². The van der Waals surface area contributed by atoms with E-state index in [0.29, 0.717) is 6.61 Å². The summed E-state index contributed by atoms with van der Waals surface area (Å²) >= 11 is 0. The molecule has 5 nitrogen and oxygen atoms in total. The zero-order valence-corrected chi connectivity index (χ0v) is 11.4. The van der Waals surface area contributed by atoms with Gasteiger partial charge in [0.25, 0.3) is 0 Å². The van der Waals surface area contributed by atoms with Gasteiger partial charge in [-0.3, -0.25) is 0 Å². The monoisotopic (exact) mass is 263 g/mol. The Kier molecular flexibility index (Phi) is 3.68. The molecule has 0 N–H and O–H groups in total. The molecule has 0 aromatic heterocycles. The second-order valence-electron chi connectivity index (χ2n) is 5.17. The molecule has 0 radical (unpaired) electrons. The summed E-state index contributed by atoms with van der Waals surface area (Å²) in [5.74, 6) is 0.154. The molecule has 1 aliphatic heterocycles. The van der Waals surface area contributed by atoms with Crippen molar-refractivity contribution in [1.29, 1.82) is 0 Å². The Morgan fingerprint density at radius 2 is 2.29 bits per heavy atom. The zero-order chi connectivity index (χ0) is 12.7. The summed E-state index contributed by atoms with van der Waals surface area (Å²) in [5.41, 5.74) is -0.576. The van der Waals surface area contributed by atoms with Gasteiger partial charge in [-0.1, -0.05) is 0 Å². The summed E-state index contributed by atoms with van der Waals surface area (Å²) < 4.78 is 27.8. The van der Waals surface area contributed by atoms with E-state index in [-0.39, 0.29) is 18.1 Å². The van der Waals surface area contributed by atoms with Gasteiger partial charge in [-0.2, -0.15) is 0 Å². The summed E-state index contributed by atoms with van der Waals surface area (Å²) in [4.78, 5) is 11.4. The van der Waals surface area contributed by atoms with Gasteiger partial charge in [0.1, 0.15) is 19.3 Å². The van der Waals surface area contributed by atoms with Crippen molar-refractivity contribution in [3.8, 4) is 0 Å². The highest BCUT2D eigenvalue weighted by molar-refractivity contribution is 7.50. The average Bonchev–Trinajstić information content (AvgIpc) is 2.35. The van der Waals surface area contributed by atoms with Crippen LogP contribution in [0, 0.1) is 5.92 Å². The minimum Gasteiger partial charge on any atom is -0.779 e. The molecule has 1 heterocycles. The number of hydrogen-bond donors (Lipinski definition) is 0. The van der Waals surface area contributed by atoms with E-state index >= 15 is 0 Å². The van der Waals surface area contributed by atoms with Crippen LogP contribution in [0.15, 0.2) is 0 Å². The number of rotatable bonds is 4. The highest BCUT2D eigenvalue weighted by atomic mass is 31.2. The first kappa shape index (κ1) is 13.5. The van der Waals surface area contributed by atoms with Crippen molar-refractivity contribution in [2.24, 2.45) is 5.92 Å². The van der Waals surface area contributed by atoms with Crippen LogP contribution in [0.1, 0.15) is 26.2 Å². The molecule has 0 amide bonds. The lowest BCUT2D eigenvalue weighted by atomic mass is 9.77. The highest BCUT2D eigenvalue weighted by Gasteiger charge is 2.57. The Bertz CT molecular complexity index is 324. The number of ether oxygens (including phenoxy) is 2. The van der Waals surface area contributed by atoms with E-state index in [1.807, 2.05) is 6.92 Å². The summed E-state index contributed by atoms with van der Waals surface area (Å²) in [7, 11) is -2.15. The van der Waals surface area contributed by atoms with Gasteiger partial charge < -0.3 is 23.5 Å². The van der Waals surface area contributed by atoms with Crippen LogP contribution >= 0.6 is 7.60 Å². The van der Waals surface area contributed by atoms with Crippen LogP contribution in [0.3, 0.4) is 0 Å². The summed E-state index contributed by atoms with van der Waals surface area (Å²) in [6.45, 7) is 3.49. The molecule has 17 heavy (non-hydrogen) atoms. The van der Waals surface area contributed by atoms with E-state index in [0.717, 1.165) is 25.9 Å². The molecule has 1 saturated carbocycles. The number of methoxy groups -OCH3 is 1. The van der Waals surface area contributed by atoms with Crippen molar-refractivity contribution in [3.63, 3.8) is 0 Å². The Labute approximate surface area is 102 Å². The minimum absolute atomic E-state index is 0.0317. The lowest BCUT2D eigenvalue weighted by molar-refractivity contribution is -0.211. The van der Waals surface area contributed by atoms with Crippen molar-refractivity contribution in [2.75, 3.05) is 20.4 Å². The molecule has 0 spiro atoms.